The fraction of sp³-hybridized carbons (Fsp3) is 0.409. The van der Waals surface area contributed by atoms with Crippen molar-refractivity contribution in [3.63, 3.8) is 0 Å². The number of aliphatic hydroxyl groups is 1. The predicted molar refractivity (Wildman–Crippen MR) is 120 cm³/mol. The summed E-state index contributed by atoms with van der Waals surface area (Å²) in [4.78, 5) is 6.73. The second kappa shape index (κ2) is 12.8. The third-order valence-corrected chi connectivity index (χ3v) is 4.41. The lowest BCUT2D eigenvalue weighted by Crippen LogP contribution is -2.40. The smallest absolute Gasteiger partial charge is 0.194 e. The number of hydrogen-bond donors (Lipinski definition) is 2. The van der Waals surface area contributed by atoms with E-state index in [0.29, 0.717) is 36.2 Å². The van der Waals surface area contributed by atoms with Crippen LogP contribution in [0.2, 0.25) is 5.02 Å². The minimum absolute atomic E-state index is 0.0470. The molecule has 0 atom stereocenters. The van der Waals surface area contributed by atoms with Crippen LogP contribution in [-0.4, -0.2) is 63.0 Å². The maximum Gasteiger partial charge on any atom is 0.194 e. The van der Waals surface area contributed by atoms with E-state index in [-0.39, 0.29) is 13.2 Å². The van der Waals surface area contributed by atoms with Crippen LogP contribution in [0.1, 0.15) is 12.5 Å². The molecular weight excluding hydrogens is 406 g/mol. The quantitative estimate of drug-likeness (QED) is 0.417. The zero-order chi connectivity index (χ0) is 21.8. The van der Waals surface area contributed by atoms with Crippen molar-refractivity contribution in [2.45, 2.75) is 13.5 Å². The van der Waals surface area contributed by atoms with Gasteiger partial charge in [0.05, 0.1) is 26.8 Å². The van der Waals surface area contributed by atoms with Crippen LogP contribution in [0, 0.1) is 0 Å². The average Bonchev–Trinajstić information content (AvgIpc) is 2.75. The number of guanidine groups is 1. The van der Waals surface area contributed by atoms with E-state index in [2.05, 4.69) is 5.32 Å². The van der Waals surface area contributed by atoms with E-state index < -0.39 is 0 Å². The van der Waals surface area contributed by atoms with Crippen LogP contribution in [0.4, 0.5) is 0 Å². The predicted octanol–water partition coefficient (Wildman–Crippen LogP) is 3.20. The Balaban J connectivity index is 1.96. The first-order valence-corrected chi connectivity index (χ1v) is 10.2. The molecule has 2 N–H and O–H groups in total. The lowest BCUT2D eigenvalue weighted by Gasteiger charge is -2.22. The van der Waals surface area contributed by atoms with Crippen molar-refractivity contribution in [3.8, 4) is 17.2 Å². The first-order chi connectivity index (χ1) is 14.6. The van der Waals surface area contributed by atoms with Crippen molar-refractivity contribution in [3.05, 3.63) is 53.1 Å². The Kier molecular flexibility index (Phi) is 10.1. The second-order valence-corrected chi connectivity index (χ2v) is 6.89. The summed E-state index contributed by atoms with van der Waals surface area (Å²) in [7, 11) is 3.56. The van der Waals surface area contributed by atoms with Gasteiger partial charge in [0.15, 0.2) is 17.5 Å². The van der Waals surface area contributed by atoms with Crippen LogP contribution in [0.3, 0.4) is 0 Å². The molecule has 7 nitrogen and oxygen atoms in total. The first kappa shape index (κ1) is 23.6. The van der Waals surface area contributed by atoms with Gasteiger partial charge in [-0.05, 0) is 42.8 Å². The van der Waals surface area contributed by atoms with Gasteiger partial charge in [-0.2, -0.15) is 0 Å². The summed E-state index contributed by atoms with van der Waals surface area (Å²) in [5, 5.41) is 12.9. The fourth-order valence-corrected chi connectivity index (χ4v) is 2.86. The van der Waals surface area contributed by atoms with Crippen LogP contribution in [-0.2, 0) is 6.54 Å². The second-order valence-electron chi connectivity index (χ2n) is 6.45. The molecule has 0 aliphatic carbocycles. The van der Waals surface area contributed by atoms with E-state index in [0.717, 1.165) is 23.8 Å². The van der Waals surface area contributed by atoms with E-state index >= 15 is 0 Å². The number of benzene rings is 2. The van der Waals surface area contributed by atoms with Gasteiger partial charge in [0.2, 0.25) is 0 Å². The molecule has 30 heavy (non-hydrogen) atoms. The Hall–Kier alpha value is -2.64. The average molecular weight is 436 g/mol. The molecule has 0 fully saturated rings. The molecule has 8 heteroatoms. The van der Waals surface area contributed by atoms with Gasteiger partial charge in [-0.1, -0.05) is 23.7 Å². The largest absolute Gasteiger partial charge is 0.493 e. The Morgan fingerprint density at radius 3 is 2.67 bits per heavy atom. The standard InChI is InChI=1S/C22H30ClN3O4/c1-4-24-22(26(2)10-12-29-19-7-5-6-18(23)15-19)25-16-17-8-9-20(30-13-11-27)21(14-17)28-3/h5-9,14-15,27H,4,10-13,16H2,1-3H3,(H,24,25). The highest BCUT2D eigenvalue weighted by Crippen LogP contribution is 2.28. The molecule has 0 saturated carbocycles. The topological polar surface area (TPSA) is 75.6 Å². The summed E-state index contributed by atoms with van der Waals surface area (Å²) >= 11 is 5.99. The Morgan fingerprint density at radius 2 is 1.97 bits per heavy atom. The van der Waals surface area contributed by atoms with Crippen molar-refractivity contribution in [2.24, 2.45) is 4.99 Å². The van der Waals surface area contributed by atoms with Crippen molar-refractivity contribution in [1.82, 2.24) is 10.2 Å². The maximum absolute atomic E-state index is 8.92. The number of aliphatic hydroxyl groups excluding tert-OH is 1. The third kappa shape index (κ3) is 7.65. The van der Waals surface area contributed by atoms with E-state index in [1.165, 1.54) is 0 Å². The van der Waals surface area contributed by atoms with Crippen molar-refractivity contribution < 1.29 is 19.3 Å². The van der Waals surface area contributed by atoms with E-state index in [9.17, 15) is 0 Å². The summed E-state index contributed by atoms with van der Waals surface area (Å²) in [6.07, 6.45) is 0. The molecule has 2 aromatic rings. The van der Waals surface area contributed by atoms with Crippen LogP contribution >= 0.6 is 11.6 Å². The number of nitrogens with one attached hydrogen (secondary N) is 1. The van der Waals surface area contributed by atoms with Gasteiger partial charge in [-0.25, -0.2) is 4.99 Å². The summed E-state index contributed by atoms with van der Waals surface area (Å²) in [6.45, 7) is 4.62. The number of hydrogen-bond acceptors (Lipinski definition) is 5. The zero-order valence-electron chi connectivity index (χ0n) is 17.7. The van der Waals surface area contributed by atoms with Gasteiger partial charge in [-0.15, -0.1) is 0 Å². The molecule has 0 saturated heterocycles. The number of nitrogens with zero attached hydrogens (tertiary/aromatic N) is 2. The SMILES string of the molecule is CCNC(=NCc1ccc(OCCO)c(OC)c1)N(C)CCOc1cccc(Cl)c1. The molecule has 0 spiro atoms. The van der Waals surface area contributed by atoms with Crippen LogP contribution < -0.4 is 19.5 Å². The van der Waals surface area contributed by atoms with Crippen LogP contribution in [0.15, 0.2) is 47.5 Å². The Bertz CT molecular complexity index is 817. The molecule has 2 aromatic carbocycles. The molecule has 0 heterocycles. The highest BCUT2D eigenvalue weighted by molar-refractivity contribution is 6.30. The molecular formula is C22H30ClN3O4. The number of aliphatic imine (C=N–C) groups is 1. The highest BCUT2D eigenvalue weighted by Gasteiger charge is 2.08. The van der Waals surface area contributed by atoms with Crippen molar-refractivity contribution in [2.75, 3.05) is 47.1 Å². The molecule has 0 radical (unpaired) electrons. The number of rotatable bonds is 11. The minimum Gasteiger partial charge on any atom is -0.493 e. The number of likely N-dealkylation sites (N-methyl/N-ethyl adjacent to an activating group) is 1. The molecule has 0 amide bonds. The fourth-order valence-electron chi connectivity index (χ4n) is 2.68. The summed E-state index contributed by atoms with van der Waals surface area (Å²) < 4.78 is 16.6. The third-order valence-electron chi connectivity index (χ3n) is 4.18. The van der Waals surface area contributed by atoms with Crippen molar-refractivity contribution in [1.29, 1.82) is 0 Å². The number of halogens is 1. The molecule has 0 bridgehead atoms. The van der Waals surface area contributed by atoms with Gasteiger partial charge in [0.25, 0.3) is 0 Å². The Labute approximate surface area is 183 Å². The zero-order valence-corrected chi connectivity index (χ0v) is 18.5. The molecule has 0 unspecified atom stereocenters. The lowest BCUT2D eigenvalue weighted by molar-refractivity contribution is 0.196. The van der Waals surface area contributed by atoms with Gasteiger partial charge in [0.1, 0.15) is 19.0 Å². The summed E-state index contributed by atoms with van der Waals surface area (Å²) in [6, 6.07) is 13.0. The van der Waals surface area contributed by atoms with Gasteiger partial charge in [-0.3, -0.25) is 0 Å². The molecule has 0 aliphatic heterocycles. The monoisotopic (exact) mass is 435 g/mol. The highest BCUT2D eigenvalue weighted by atomic mass is 35.5. The molecule has 0 aliphatic rings. The van der Waals surface area contributed by atoms with E-state index in [1.54, 1.807) is 13.2 Å². The first-order valence-electron chi connectivity index (χ1n) is 9.85. The van der Waals surface area contributed by atoms with Crippen molar-refractivity contribution >= 4 is 17.6 Å². The number of methoxy groups -OCH3 is 1. The van der Waals surface area contributed by atoms with E-state index in [1.807, 2.05) is 55.3 Å². The van der Waals surface area contributed by atoms with E-state index in [4.69, 9.17) is 35.9 Å². The Morgan fingerprint density at radius 1 is 1.13 bits per heavy atom. The van der Waals surface area contributed by atoms with Gasteiger partial charge >= 0.3 is 0 Å². The maximum atomic E-state index is 8.92. The molecule has 2 rings (SSSR count). The number of ether oxygens (including phenoxy) is 3. The molecule has 164 valence electrons. The van der Waals surface area contributed by atoms with Gasteiger partial charge in [0, 0.05) is 18.6 Å². The van der Waals surface area contributed by atoms with Crippen LogP contribution in [0.25, 0.3) is 0 Å². The minimum atomic E-state index is -0.0470. The van der Waals surface area contributed by atoms with Crippen LogP contribution in [0.5, 0.6) is 17.2 Å². The lowest BCUT2D eigenvalue weighted by atomic mass is 10.2. The van der Waals surface area contributed by atoms with Gasteiger partial charge < -0.3 is 29.5 Å². The summed E-state index contributed by atoms with van der Waals surface area (Å²) in [5.74, 6) is 2.74. The summed E-state index contributed by atoms with van der Waals surface area (Å²) in [5.41, 5.74) is 0.988. The molecule has 0 aromatic heterocycles. The normalized spacial score (nSPS) is 11.2.